The molecule has 2 bridgehead atoms. The van der Waals surface area contributed by atoms with Gasteiger partial charge in [-0.25, -0.2) is 0 Å². The number of allylic oxidation sites excluding steroid dienone is 1. The fourth-order valence-corrected chi connectivity index (χ4v) is 6.31. The van der Waals surface area contributed by atoms with Crippen LogP contribution >= 0.6 is 23.5 Å². The fourth-order valence-electron chi connectivity index (χ4n) is 3.14. The topological polar surface area (TPSA) is 23.8 Å². The molecular formula is C19H23NS2. The Labute approximate surface area is 142 Å². The molecule has 1 heterocycles. The van der Waals surface area contributed by atoms with Crippen molar-refractivity contribution in [2.45, 2.75) is 48.2 Å². The summed E-state index contributed by atoms with van der Waals surface area (Å²) in [6.45, 7) is 4.55. The lowest BCUT2D eigenvalue weighted by Gasteiger charge is -2.26. The van der Waals surface area contributed by atoms with Gasteiger partial charge in [0, 0.05) is 16.9 Å². The third-order valence-corrected chi connectivity index (χ3v) is 8.11. The largest absolute Gasteiger partial charge is 0.196 e. The van der Waals surface area contributed by atoms with Gasteiger partial charge in [0.1, 0.15) is 0 Å². The Kier molecular flexibility index (Phi) is 4.90. The van der Waals surface area contributed by atoms with Crippen molar-refractivity contribution in [2.75, 3.05) is 0 Å². The second kappa shape index (κ2) is 6.72. The zero-order valence-corrected chi connectivity index (χ0v) is 14.9. The lowest BCUT2D eigenvalue weighted by molar-refractivity contribution is 0.560. The van der Waals surface area contributed by atoms with Gasteiger partial charge >= 0.3 is 0 Å². The van der Waals surface area contributed by atoms with E-state index in [0.29, 0.717) is 11.2 Å². The van der Waals surface area contributed by atoms with Gasteiger partial charge in [-0.15, -0.1) is 23.5 Å². The van der Waals surface area contributed by atoms with Gasteiger partial charge in [0.05, 0.1) is 6.07 Å². The molecule has 0 N–H and O–H groups in total. The van der Waals surface area contributed by atoms with E-state index in [0.717, 1.165) is 24.5 Å². The maximum absolute atomic E-state index is 9.66. The van der Waals surface area contributed by atoms with Crippen LogP contribution in [0, 0.1) is 23.2 Å². The molecule has 0 aromatic heterocycles. The van der Waals surface area contributed by atoms with Crippen LogP contribution in [0.2, 0.25) is 0 Å². The molecule has 1 fully saturated rings. The van der Waals surface area contributed by atoms with Crippen LogP contribution in [0.25, 0.3) is 0 Å². The van der Waals surface area contributed by atoms with Crippen molar-refractivity contribution in [3.05, 3.63) is 47.5 Å². The first kappa shape index (κ1) is 16.0. The minimum atomic E-state index is -0.255. The highest BCUT2D eigenvalue weighted by molar-refractivity contribution is 8.18. The first-order chi connectivity index (χ1) is 10.6. The van der Waals surface area contributed by atoms with E-state index < -0.39 is 0 Å². The van der Waals surface area contributed by atoms with Gasteiger partial charge in [-0.2, -0.15) is 5.26 Å². The predicted molar refractivity (Wildman–Crippen MR) is 97.9 cm³/mol. The smallest absolute Gasteiger partial charge is 0.155 e. The van der Waals surface area contributed by atoms with Crippen LogP contribution in [0.3, 0.4) is 0 Å². The molecular weight excluding hydrogens is 306 g/mol. The molecule has 1 aliphatic carbocycles. The van der Waals surface area contributed by atoms with E-state index in [9.17, 15) is 5.26 Å². The number of benzene rings is 1. The third kappa shape index (κ3) is 3.24. The van der Waals surface area contributed by atoms with Crippen molar-refractivity contribution in [2.24, 2.45) is 11.8 Å². The van der Waals surface area contributed by atoms with Crippen molar-refractivity contribution < 1.29 is 0 Å². The molecule has 2 aliphatic rings. The first-order valence-corrected chi connectivity index (χ1v) is 10.0. The van der Waals surface area contributed by atoms with Crippen LogP contribution in [0.15, 0.2) is 36.4 Å². The molecule has 22 heavy (non-hydrogen) atoms. The third-order valence-electron chi connectivity index (χ3n) is 4.77. The molecule has 0 saturated carbocycles. The summed E-state index contributed by atoms with van der Waals surface area (Å²) in [6, 6.07) is 11.6. The Morgan fingerprint density at radius 2 is 2.05 bits per heavy atom. The predicted octanol–water partition coefficient (Wildman–Crippen LogP) is 5.42. The van der Waals surface area contributed by atoms with Gasteiger partial charge in [-0.1, -0.05) is 56.7 Å². The van der Waals surface area contributed by atoms with Crippen molar-refractivity contribution in [1.29, 1.82) is 5.26 Å². The minimum Gasteiger partial charge on any atom is -0.196 e. The molecule has 1 saturated heterocycles. The summed E-state index contributed by atoms with van der Waals surface area (Å²) in [5.74, 6) is 2.11. The maximum Gasteiger partial charge on any atom is 0.155 e. The summed E-state index contributed by atoms with van der Waals surface area (Å²) in [6.07, 6.45) is 8.08. The van der Waals surface area contributed by atoms with Gasteiger partial charge in [0.15, 0.2) is 4.08 Å². The lowest BCUT2D eigenvalue weighted by atomic mass is 9.98. The van der Waals surface area contributed by atoms with Gasteiger partial charge in [0.25, 0.3) is 0 Å². The highest BCUT2D eigenvalue weighted by atomic mass is 32.2. The molecule has 0 radical (unpaired) electrons. The normalized spacial score (nSPS) is 30.4. The first-order valence-electron chi connectivity index (χ1n) is 8.14. The monoisotopic (exact) mass is 329 g/mol. The molecule has 3 heteroatoms. The van der Waals surface area contributed by atoms with E-state index in [1.807, 2.05) is 23.5 Å². The minimum absolute atomic E-state index is 0.255. The number of thioether (sulfide) groups is 2. The molecule has 0 amide bonds. The van der Waals surface area contributed by atoms with Gasteiger partial charge in [-0.3, -0.25) is 0 Å². The van der Waals surface area contributed by atoms with Gasteiger partial charge in [0.2, 0.25) is 0 Å². The van der Waals surface area contributed by atoms with Crippen LogP contribution in [-0.4, -0.2) is 9.33 Å². The molecule has 1 nitrogen and oxygen atoms in total. The number of hydrogen-bond acceptors (Lipinski definition) is 3. The summed E-state index contributed by atoms with van der Waals surface area (Å²) < 4.78 is -0.255. The Balaban J connectivity index is 1.60. The number of fused-ring (bicyclic) bond motifs is 2. The Bertz CT molecular complexity index is 586. The highest BCUT2D eigenvalue weighted by Crippen LogP contribution is 2.58. The van der Waals surface area contributed by atoms with Crippen LogP contribution < -0.4 is 0 Å². The van der Waals surface area contributed by atoms with Gasteiger partial charge < -0.3 is 0 Å². The number of rotatable bonds is 6. The summed E-state index contributed by atoms with van der Waals surface area (Å²) in [7, 11) is 0. The van der Waals surface area contributed by atoms with E-state index in [4.69, 9.17) is 0 Å². The SMILES string of the molecule is CCC(C)Cc1ccc(CSC2(C#N)SC3C=CC2C3)cc1. The molecule has 0 spiro atoms. The molecule has 1 aromatic rings. The molecule has 4 unspecified atom stereocenters. The Morgan fingerprint density at radius 3 is 2.59 bits per heavy atom. The van der Waals surface area contributed by atoms with E-state index in [1.165, 1.54) is 17.5 Å². The standard InChI is InChI=1S/C19H23NS2/c1-3-14(2)10-15-4-6-16(7-5-15)12-21-19(13-20)17-8-9-18(11-17)22-19/h4-9,14,17-18H,3,10-12H2,1-2H3. The average Bonchev–Trinajstić information content (AvgIpc) is 3.15. The van der Waals surface area contributed by atoms with E-state index in [-0.39, 0.29) is 4.08 Å². The summed E-state index contributed by atoms with van der Waals surface area (Å²) >= 11 is 3.68. The Hall–Kier alpha value is -0.850. The van der Waals surface area contributed by atoms with Crippen molar-refractivity contribution in [3.8, 4) is 6.07 Å². The van der Waals surface area contributed by atoms with Crippen LogP contribution in [0.1, 0.15) is 37.8 Å². The van der Waals surface area contributed by atoms with Crippen molar-refractivity contribution in [3.63, 3.8) is 0 Å². The zero-order valence-electron chi connectivity index (χ0n) is 13.3. The lowest BCUT2D eigenvalue weighted by Crippen LogP contribution is -2.23. The van der Waals surface area contributed by atoms with E-state index >= 15 is 0 Å². The number of nitriles is 1. The second-order valence-electron chi connectivity index (χ2n) is 6.49. The van der Waals surface area contributed by atoms with Crippen molar-refractivity contribution in [1.82, 2.24) is 0 Å². The molecule has 1 aliphatic heterocycles. The van der Waals surface area contributed by atoms with Crippen LogP contribution in [0.5, 0.6) is 0 Å². The number of hydrogen-bond donors (Lipinski definition) is 0. The quantitative estimate of drug-likeness (QED) is 0.651. The number of nitrogens with zero attached hydrogens (tertiary/aromatic N) is 1. The average molecular weight is 330 g/mol. The molecule has 4 atom stereocenters. The Morgan fingerprint density at radius 1 is 1.32 bits per heavy atom. The fraction of sp³-hybridized carbons (Fsp3) is 0.526. The molecule has 1 aromatic carbocycles. The summed E-state index contributed by atoms with van der Waals surface area (Å²) in [4.78, 5) is 0. The van der Waals surface area contributed by atoms with E-state index in [1.54, 1.807) is 0 Å². The van der Waals surface area contributed by atoms with Crippen molar-refractivity contribution >= 4 is 23.5 Å². The molecule has 116 valence electrons. The summed E-state index contributed by atoms with van der Waals surface area (Å²) in [5.41, 5.74) is 2.76. The zero-order chi connectivity index (χ0) is 15.6. The molecule has 3 rings (SSSR count). The van der Waals surface area contributed by atoms with E-state index in [2.05, 4.69) is 56.3 Å². The van der Waals surface area contributed by atoms with Gasteiger partial charge in [-0.05, 0) is 29.9 Å². The summed E-state index contributed by atoms with van der Waals surface area (Å²) in [5, 5.41) is 10.2. The maximum atomic E-state index is 9.66. The highest BCUT2D eigenvalue weighted by Gasteiger charge is 2.50. The van der Waals surface area contributed by atoms with Crippen LogP contribution in [-0.2, 0) is 12.2 Å². The van der Waals surface area contributed by atoms with Crippen LogP contribution in [0.4, 0.5) is 0 Å². The second-order valence-corrected chi connectivity index (χ2v) is 9.45.